The molecule has 3 heteroatoms. The molecular formula is C18H22ClNS. The number of thioether (sulfide) groups is 1. The highest BCUT2D eigenvalue weighted by Gasteiger charge is 2.10. The van der Waals surface area contributed by atoms with Gasteiger partial charge in [-0.2, -0.15) is 0 Å². The lowest BCUT2D eigenvalue weighted by atomic mass is 10.1. The first-order valence-electron chi connectivity index (χ1n) is 7.20. The molecule has 2 aromatic carbocycles. The Balaban J connectivity index is 1.95. The van der Waals surface area contributed by atoms with Crippen LogP contribution in [0.5, 0.6) is 0 Å². The lowest BCUT2D eigenvalue weighted by Gasteiger charge is -2.17. The Bertz CT molecular complexity index is 580. The molecule has 1 N–H and O–H groups in total. The van der Waals surface area contributed by atoms with Crippen LogP contribution in [0.25, 0.3) is 0 Å². The largest absolute Gasteiger partial charge is 0.316 e. The summed E-state index contributed by atoms with van der Waals surface area (Å²) in [5.41, 5.74) is 3.72. The van der Waals surface area contributed by atoms with E-state index in [-0.39, 0.29) is 0 Å². The smallest absolute Gasteiger partial charge is 0.0441 e. The summed E-state index contributed by atoms with van der Waals surface area (Å²) in [6.07, 6.45) is 0.953. The van der Waals surface area contributed by atoms with Crippen LogP contribution < -0.4 is 5.32 Å². The predicted octanol–water partition coefficient (Wildman–Crippen LogP) is 4.88. The van der Waals surface area contributed by atoms with Gasteiger partial charge in [-0.1, -0.05) is 41.4 Å². The van der Waals surface area contributed by atoms with Crippen molar-refractivity contribution < 1.29 is 0 Å². The molecule has 0 saturated carbocycles. The SMILES string of the molecule is CNC(CSc1ccc(C)cc1)Cc1ccc(C)cc1Cl. The van der Waals surface area contributed by atoms with Gasteiger partial charge >= 0.3 is 0 Å². The highest BCUT2D eigenvalue weighted by Crippen LogP contribution is 2.23. The maximum Gasteiger partial charge on any atom is 0.0441 e. The fraction of sp³-hybridized carbons (Fsp3) is 0.333. The van der Waals surface area contributed by atoms with Gasteiger partial charge in [0.15, 0.2) is 0 Å². The summed E-state index contributed by atoms with van der Waals surface area (Å²) < 4.78 is 0. The molecule has 2 rings (SSSR count). The van der Waals surface area contributed by atoms with Crippen LogP contribution in [0.15, 0.2) is 47.4 Å². The minimum atomic E-state index is 0.413. The standard InChI is InChI=1S/C18H22ClNS/c1-13-5-8-17(9-6-13)21-12-16(20-3)11-15-7-4-14(2)10-18(15)19/h4-10,16,20H,11-12H2,1-3H3. The van der Waals surface area contributed by atoms with Crippen LogP contribution in [0, 0.1) is 13.8 Å². The number of nitrogens with one attached hydrogen (secondary N) is 1. The second-order valence-corrected chi connectivity index (χ2v) is 6.91. The number of rotatable bonds is 6. The summed E-state index contributed by atoms with van der Waals surface area (Å²) in [4.78, 5) is 1.32. The van der Waals surface area contributed by atoms with Gasteiger partial charge in [0.25, 0.3) is 0 Å². The number of hydrogen-bond donors (Lipinski definition) is 1. The first-order chi connectivity index (χ1) is 10.1. The molecule has 0 heterocycles. The number of likely N-dealkylation sites (N-methyl/N-ethyl adjacent to an activating group) is 1. The van der Waals surface area contributed by atoms with Gasteiger partial charge in [-0.3, -0.25) is 0 Å². The summed E-state index contributed by atoms with van der Waals surface area (Å²) in [5, 5.41) is 4.27. The zero-order valence-corrected chi connectivity index (χ0v) is 14.4. The van der Waals surface area contributed by atoms with Crippen LogP contribution in [-0.2, 0) is 6.42 Å². The van der Waals surface area contributed by atoms with Crippen molar-refractivity contribution in [2.75, 3.05) is 12.8 Å². The molecule has 0 fully saturated rings. The normalized spacial score (nSPS) is 12.4. The molecule has 0 bridgehead atoms. The molecule has 21 heavy (non-hydrogen) atoms. The van der Waals surface area contributed by atoms with Crippen LogP contribution in [0.3, 0.4) is 0 Å². The third-order valence-electron chi connectivity index (χ3n) is 3.56. The van der Waals surface area contributed by atoms with E-state index in [0.717, 1.165) is 17.2 Å². The topological polar surface area (TPSA) is 12.0 Å². The van der Waals surface area contributed by atoms with Gasteiger partial charge in [-0.15, -0.1) is 11.8 Å². The Morgan fingerprint density at radius 2 is 1.71 bits per heavy atom. The van der Waals surface area contributed by atoms with E-state index < -0.39 is 0 Å². The number of halogens is 1. The summed E-state index contributed by atoms with van der Waals surface area (Å²) in [6.45, 7) is 4.18. The molecule has 0 aliphatic rings. The van der Waals surface area contributed by atoms with Gasteiger partial charge in [0.1, 0.15) is 0 Å². The van der Waals surface area contributed by atoms with Crippen molar-refractivity contribution in [2.24, 2.45) is 0 Å². The number of benzene rings is 2. The fourth-order valence-electron chi connectivity index (χ4n) is 2.16. The Morgan fingerprint density at radius 1 is 1.05 bits per heavy atom. The molecular weight excluding hydrogens is 298 g/mol. The van der Waals surface area contributed by atoms with Crippen molar-refractivity contribution in [2.45, 2.75) is 31.2 Å². The summed E-state index contributed by atoms with van der Waals surface area (Å²) in [6, 6.07) is 15.4. The lowest BCUT2D eigenvalue weighted by Crippen LogP contribution is -2.30. The van der Waals surface area contributed by atoms with E-state index in [2.05, 4.69) is 55.6 Å². The van der Waals surface area contributed by atoms with Crippen molar-refractivity contribution >= 4 is 23.4 Å². The number of aryl methyl sites for hydroxylation is 2. The first kappa shape index (κ1) is 16.4. The van der Waals surface area contributed by atoms with Gasteiger partial charge in [0, 0.05) is 21.7 Å². The number of hydrogen-bond acceptors (Lipinski definition) is 2. The Kier molecular flexibility index (Phi) is 6.16. The third kappa shape index (κ3) is 5.06. The van der Waals surface area contributed by atoms with Gasteiger partial charge in [-0.25, -0.2) is 0 Å². The average molecular weight is 320 g/mol. The molecule has 1 atom stereocenters. The van der Waals surface area contributed by atoms with Crippen molar-refractivity contribution in [3.8, 4) is 0 Å². The fourth-order valence-corrected chi connectivity index (χ4v) is 3.48. The van der Waals surface area contributed by atoms with Gasteiger partial charge in [-0.05, 0) is 56.6 Å². The van der Waals surface area contributed by atoms with Crippen molar-refractivity contribution in [1.29, 1.82) is 0 Å². The van der Waals surface area contributed by atoms with Gasteiger partial charge in [0.05, 0.1) is 0 Å². The molecule has 1 unspecified atom stereocenters. The average Bonchev–Trinajstić information content (AvgIpc) is 2.47. The molecule has 0 radical (unpaired) electrons. The van der Waals surface area contributed by atoms with Crippen LogP contribution >= 0.6 is 23.4 Å². The van der Waals surface area contributed by atoms with E-state index in [1.165, 1.54) is 21.6 Å². The van der Waals surface area contributed by atoms with Gasteiger partial charge < -0.3 is 5.32 Å². The van der Waals surface area contributed by atoms with Crippen LogP contribution in [0.2, 0.25) is 5.02 Å². The maximum absolute atomic E-state index is 6.33. The van der Waals surface area contributed by atoms with Crippen LogP contribution in [-0.4, -0.2) is 18.8 Å². The zero-order chi connectivity index (χ0) is 15.2. The van der Waals surface area contributed by atoms with E-state index in [9.17, 15) is 0 Å². The van der Waals surface area contributed by atoms with Crippen LogP contribution in [0.4, 0.5) is 0 Å². The Morgan fingerprint density at radius 3 is 2.33 bits per heavy atom. The molecule has 0 saturated heterocycles. The molecule has 0 aliphatic heterocycles. The second kappa shape index (κ2) is 7.88. The molecule has 2 aromatic rings. The van der Waals surface area contributed by atoms with E-state index in [0.29, 0.717) is 6.04 Å². The molecule has 0 amide bonds. The monoisotopic (exact) mass is 319 g/mol. The second-order valence-electron chi connectivity index (χ2n) is 5.41. The molecule has 0 aliphatic carbocycles. The molecule has 1 nitrogen and oxygen atoms in total. The van der Waals surface area contributed by atoms with Crippen molar-refractivity contribution in [1.82, 2.24) is 5.32 Å². The van der Waals surface area contributed by atoms with Crippen molar-refractivity contribution in [3.63, 3.8) is 0 Å². The molecule has 112 valence electrons. The lowest BCUT2D eigenvalue weighted by molar-refractivity contribution is 0.617. The summed E-state index contributed by atoms with van der Waals surface area (Å²) in [5.74, 6) is 1.03. The van der Waals surface area contributed by atoms with E-state index in [1.807, 2.05) is 24.9 Å². The summed E-state index contributed by atoms with van der Waals surface area (Å²) in [7, 11) is 2.02. The maximum atomic E-state index is 6.33. The minimum Gasteiger partial charge on any atom is -0.316 e. The van der Waals surface area contributed by atoms with Crippen molar-refractivity contribution in [3.05, 3.63) is 64.2 Å². The first-order valence-corrected chi connectivity index (χ1v) is 8.56. The Hall–Kier alpha value is -0.960. The van der Waals surface area contributed by atoms with Crippen LogP contribution in [0.1, 0.15) is 16.7 Å². The highest BCUT2D eigenvalue weighted by atomic mass is 35.5. The van der Waals surface area contributed by atoms with E-state index in [1.54, 1.807) is 0 Å². The predicted molar refractivity (Wildman–Crippen MR) is 94.6 cm³/mol. The zero-order valence-electron chi connectivity index (χ0n) is 12.8. The highest BCUT2D eigenvalue weighted by molar-refractivity contribution is 7.99. The van der Waals surface area contributed by atoms with E-state index in [4.69, 9.17) is 11.6 Å². The molecule has 0 spiro atoms. The van der Waals surface area contributed by atoms with E-state index >= 15 is 0 Å². The minimum absolute atomic E-state index is 0.413. The molecule has 0 aromatic heterocycles. The summed E-state index contributed by atoms with van der Waals surface area (Å²) >= 11 is 8.22. The van der Waals surface area contributed by atoms with Gasteiger partial charge in [0.2, 0.25) is 0 Å². The quantitative estimate of drug-likeness (QED) is 0.762. The Labute approximate surface area is 137 Å². The third-order valence-corrected chi connectivity index (χ3v) is 5.08.